The summed E-state index contributed by atoms with van der Waals surface area (Å²) in [4.78, 5) is 13.1. The van der Waals surface area contributed by atoms with Gasteiger partial charge in [0, 0.05) is 18.0 Å². The lowest BCUT2D eigenvalue weighted by Crippen LogP contribution is -2.40. The molecule has 0 amide bonds. The number of ketones is 1. The van der Waals surface area contributed by atoms with E-state index in [9.17, 15) is 26.4 Å². The Morgan fingerprint density at radius 2 is 1.73 bits per heavy atom. The summed E-state index contributed by atoms with van der Waals surface area (Å²) in [6, 6.07) is 17.2. The molecule has 1 saturated heterocycles. The van der Waals surface area contributed by atoms with Crippen molar-refractivity contribution in [2.24, 2.45) is 0 Å². The standard InChI is InChI=1S/C27H25ClF3NO4S/c28-22-5-2-7-24(17-22)37(34,35)32-15-3-8-25(32)26(33)14-11-19-4-1-6-23(16-19)36-18-20-9-12-21(13-10-20)27(29,30)31/h1-2,4-7,9-10,12-13,16-17,25H,3,8,11,14-15,18H2/t25-/m0/s1. The van der Waals surface area contributed by atoms with Gasteiger partial charge in [-0.15, -0.1) is 0 Å². The number of rotatable bonds is 9. The first-order valence-electron chi connectivity index (χ1n) is 11.7. The van der Waals surface area contributed by atoms with Crippen LogP contribution in [0.4, 0.5) is 13.2 Å². The third-order valence-electron chi connectivity index (χ3n) is 6.22. The molecule has 0 radical (unpaired) electrons. The van der Waals surface area contributed by atoms with Gasteiger partial charge in [0.1, 0.15) is 12.4 Å². The highest BCUT2D eigenvalue weighted by Crippen LogP contribution is 2.30. The van der Waals surface area contributed by atoms with Gasteiger partial charge in [0.05, 0.1) is 16.5 Å². The Morgan fingerprint density at radius 3 is 2.43 bits per heavy atom. The minimum Gasteiger partial charge on any atom is -0.489 e. The number of nitrogens with zero attached hydrogens (tertiary/aromatic N) is 1. The van der Waals surface area contributed by atoms with Crippen molar-refractivity contribution < 1.29 is 31.1 Å². The quantitative estimate of drug-likeness (QED) is 0.313. The van der Waals surface area contributed by atoms with Crippen molar-refractivity contribution in [1.82, 2.24) is 4.31 Å². The second kappa shape index (κ2) is 11.2. The zero-order chi connectivity index (χ0) is 26.6. The maximum atomic E-state index is 13.1. The molecule has 0 bridgehead atoms. The van der Waals surface area contributed by atoms with Gasteiger partial charge in [-0.3, -0.25) is 4.79 Å². The third-order valence-corrected chi connectivity index (χ3v) is 8.36. The van der Waals surface area contributed by atoms with Crippen LogP contribution in [0.25, 0.3) is 0 Å². The molecule has 10 heteroatoms. The zero-order valence-corrected chi connectivity index (χ0v) is 21.3. The van der Waals surface area contributed by atoms with Crippen LogP contribution in [0.2, 0.25) is 5.02 Å². The monoisotopic (exact) mass is 551 g/mol. The lowest BCUT2D eigenvalue weighted by molar-refractivity contribution is -0.137. The van der Waals surface area contributed by atoms with Gasteiger partial charge in [-0.1, -0.05) is 41.9 Å². The fraction of sp³-hybridized carbons (Fsp3) is 0.296. The van der Waals surface area contributed by atoms with Crippen molar-refractivity contribution in [3.63, 3.8) is 0 Å². The summed E-state index contributed by atoms with van der Waals surface area (Å²) in [6.45, 7) is 0.372. The number of ether oxygens (including phenoxy) is 1. The SMILES string of the molecule is O=C(CCc1cccc(OCc2ccc(C(F)(F)F)cc2)c1)[C@@H]1CCCN1S(=O)(=O)c1cccc(Cl)c1. The van der Waals surface area contributed by atoms with Crippen LogP contribution in [0.5, 0.6) is 5.75 Å². The highest BCUT2D eigenvalue weighted by atomic mass is 35.5. The van der Waals surface area contributed by atoms with E-state index in [-0.39, 0.29) is 30.3 Å². The molecule has 1 atom stereocenters. The molecule has 0 unspecified atom stereocenters. The second-order valence-corrected chi connectivity index (χ2v) is 11.2. The Hall–Kier alpha value is -2.88. The predicted molar refractivity (Wildman–Crippen MR) is 134 cm³/mol. The minimum absolute atomic E-state index is 0.0672. The highest BCUT2D eigenvalue weighted by Gasteiger charge is 2.39. The molecule has 0 spiro atoms. The summed E-state index contributed by atoms with van der Waals surface area (Å²) in [7, 11) is -3.84. The molecule has 1 aliphatic heterocycles. The number of carbonyl (C=O) groups excluding carboxylic acids is 1. The van der Waals surface area contributed by atoms with Crippen LogP contribution in [0, 0.1) is 0 Å². The molecule has 196 valence electrons. The number of aryl methyl sites for hydroxylation is 1. The molecule has 3 aromatic rings. The van der Waals surface area contributed by atoms with Gasteiger partial charge >= 0.3 is 6.18 Å². The summed E-state index contributed by atoms with van der Waals surface area (Å²) in [6.07, 6.45) is -2.76. The number of benzene rings is 3. The van der Waals surface area contributed by atoms with Gasteiger partial charge < -0.3 is 4.74 Å². The van der Waals surface area contributed by atoms with Gasteiger partial charge in [-0.2, -0.15) is 17.5 Å². The first-order chi connectivity index (χ1) is 17.5. The maximum Gasteiger partial charge on any atom is 0.416 e. The van der Waals surface area contributed by atoms with Crippen molar-refractivity contribution in [1.29, 1.82) is 0 Å². The van der Waals surface area contributed by atoms with Crippen LogP contribution in [0.1, 0.15) is 36.0 Å². The lowest BCUT2D eigenvalue weighted by Gasteiger charge is -2.23. The third kappa shape index (κ3) is 6.71. The summed E-state index contributed by atoms with van der Waals surface area (Å²) in [5.74, 6) is 0.370. The number of alkyl halides is 3. The Labute approximate surface area is 218 Å². The molecular formula is C27H25ClF3NO4S. The van der Waals surface area contributed by atoms with Gasteiger partial charge in [0.2, 0.25) is 10.0 Å². The van der Waals surface area contributed by atoms with Crippen molar-refractivity contribution in [3.05, 3.63) is 94.5 Å². The fourth-order valence-corrected chi connectivity index (χ4v) is 6.27. The average Bonchev–Trinajstić information content (AvgIpc) is 3.37. The highest BCUT2D eigenvalue weighted by molar-refractivity contribution is 7.89. The number of hydrogen-bond donors (Lipinski definition) is 0. The molecule has 1 heterocycles. The van der Waals surface area contributed by atoms with E-state index in [1.54, 1.807) is 30.3 Å². The van der Waals surface area contributed by atoms with E-state index >= 15 is 0 Å². The second-order valence-electron chi connectivity index (χ2n) is 8.83. The van der Waals surface area contributed by atoms with E-state index in [0.29, 0.717) is 35.6 Å². The lowest BCUT2D eigenvalue weighted by atomic mass is 10.0. The number of sulfonamides is 1. The van der Waals surface area contributed by atoms with Crippen LogP contribution < -0.4 is 4.74 Å². The maximum absolute atomic E-state index is 13.1. The van der Waals surface area contributed by atoms with Gasteiger partial charge in [0.25, 0.3) is 0 Å². The molecule has 0 aromatic heterocycles. The minimum atomic E-state index is -4.39. The Bertz CT molecular complexity index is 1360. The molecule has 4 rings (SSSR count). The molecule has 1 fully saturated rings. The predicted octanol–water partition coefficient (Wildman–Crippen LogP) is 6.29. The summed E-state index contributed by atoms with van der Waals surface area (Å²) >= 11 is 5.97. The van der Waals surface area contributed by atoms with Crippen molar-refractivity contribution in [3.8, 4) is 5.75 Å². The first-order valence-corrected chi connectivity index (χ1v) is 13.5. The van der Waals surface area contributed by atoms with Crippen LogP contribution in [-0.4, -0.2) is 31.1 Å². The molecule has 0 saturated carbocycles. The average molecular weight is 552 g/mol. The summed E-state index contributed by atoms with van der Waals surface area (Å²) in [5, 5.41) is 0.309. The largest absolute Gasteiger partial charge is 0.489 e. The van der Waals surface area contributed by atoms with E-state index in [1.807, 2.05) is 6.07 Å². The molecule has 3 aromatic carbocycles. The number of Topliss-reactive ketones (excluding diaryl/α,β-unsaturated/α-hetero) is 1. The molecule has 1 aliphatic rings. The van der Waals surface area contributed by atoms with Crippen molar-refractivity contribution >= 4 is 27.4 Å². The van der Waals surface area contributed by atoms with E-state index < -0.39 is 27.8 Å². The molecular weight excluding hydrogens is 527 g/mol. The molecule has 0 N–H and O–H groups in total. The molecule has 0 aliphatic carbocycles. The zero-order valence-electron chi connectivity index (χ0n) is 19.7. The van der Waals surface area contributed by atoms with Crippen LogP contribution in [0.3, 0.4) is 0 Å². The number of carbonyl (C=O) groups is 1. The molecule has 37 heavy (non-hydrogen) atoms. The fourth-order valence-electron chi connectivity index (χ4n) is 4.29. The summed E-state index contributed by atoms with van der Waals surface area (Å²) < 4.78 is 71.4. The van der Waals surface area contributed by atoms with Crippen molar-refractivity contribution in [2.75, 3.05) is 6.54 Å². The Balaban J connectivity index is 1.35. The van der Waals surface area contributed by atoms with Gasteiger partial charge in [-0.25, -0.2) is 8.42 Å². The van der Waals surface area contributed by atoms with Crippen LogP contribution in [0.15, 0.2) is 77.7 Å². The Morgan fingerprint density at radius 1 is 1.00 bits per heavy atom. The van der Waals surface area contributed by atoms with Crippen LogP contribution >= 0.6 is 11.6 Å². The van der Waals surface area contributed by atoms with Gasteiger partial charge in [0.15, 0.2) is 5.78 Å². The first kappa shape index (κ1) is 27.2. The van der Waals surface area contributed by atoms with E-state index in [2.05, 4.69) is 0 Å². The van der Waals surface area contributed by atoms with Crippen molar-refractivity contribution in [2.45, 2.75) is 49.4 Å². The topological polar surface area (TPSA) is 63.7 Å². The van der Waals surface area contributed by atoms with Crippen LogP contribution in [-0.2, 0) is 34.0 Å². The van der Waals surface area contributed by atoms with E-state index in [1.165, 1.54) is 28.6 Å². The van der Waals surface area contributed by atoms with E-state index in [4.69, 9.17) is 16.3 Å². The molecule has 5 nitrogen and oxygen atoms in total. The number of halogens is 4. The Kier molecular flexibility index (Phi) is 8.26. The van der Waals surface area contributed by atoms with E-state index in [0.717, 1.165) is 17.7 Å². The normalized spacial score (nSPS) is 16.6. The smallest absolute Gasteiger partial charge is 0.416 e. The van der Waals surface area contributed by atoms with Gasteiger partial charge in [-0.05, 0) is 72.9 Å². The number of hydrogen-bond acceptors (Lipinski definition) is 4. The summed E-state index contributed by atoms with van der Waals surface area (Å²) in [5.41, 5.74) is 0.709.